The van der Waals surface area contributed by atoms with Crippen LogP contribution < -0.4 is 0 Å². The number of nitrogens with zero attached hydrogens (tertiary/aromatic N) is 2. The van der Waals surface area contributed by atoms with Crippen LogP contribution in [0.25, 0.3) is 11.1 Å². The third-order valence-corrected chi connectivity index (χ3v) is 8.02. The van der Waals surface area contributed by atoms with Gasteiger partial charge >= 0.3 is 11.9 Å². The summed E-state index contributed by atoms with van der Waals surface area (Å²) in [6, 6.07) is 21.2. The zero-order chi connectivity index (χ0) is 28.8. The van der Waals surface area contributed by atoms with Gasteiger partial charge in [-0.3, -0.25) is 4.79 Å². The molecule has 0 saturated heterocycles. The minimum atomic E-state index is -1.42. The first kappa shape index (κ1) is 29.7. The van der Waals surface area contributed by atoms with Crippen LogP contribution in [0.5, 0.6) is 0 Å². The summed E-state index contributed by atoms with van der Waals surface area (Å²) in [4.78, 5) is 36.9. The molecule has 2 unspecified atom stereocenters. The first-order chi connectivity index (χ1) is 19.0. The van der Waals surface area contributed by atoms with E-state index in [0.29, 0.717) is 12.8 Å². The summed E-state index contributed by atoms with van der Waals surface area (Å²) in [5.41, 5.74) is 0.0375. The summed E-state index contributed by atoms with van der Waals surface area (Å²) in [6.45, 7) is 9.26. The van der Waals surface area contributed by atoms with E-state index in [1.165, 1.54) is 6.42 Å². The molecule has 6 heteroatoms. The van der Waals surface area contributed by atoms with Crippen LogP contribution in [0, 0.1) is 5.92 Å². The van der Waals surface area contributed by atoms with Gasteiger partial charge in [-0.05, 0) is 77.0 Å². The molecule has 2 aliphatic rings. The van der Waals surface area contributed by atoms with Crippen molar-refractivity contribution < 1.29 is 19.1 Å². The molecule has 0 bridgehead atoms. The van der Waals surface area contributed by atoms with E-state index in [1.807, 2.05) is 77.1 Å². The molecule has 2 fully saturated rings. The smallest absolute Gasteiger partial charge is 0.336 e. The molecule has 2 atom stereocenters. The van der Waals surface area contributed by atoms with Gasteiger partial charge in [0.25, 0.3) is 0 Å². The van der Waals surface area contributed by atoms with Gasteiger partial charge in [0.05, 0.1) is 18.0 Å². The molecule has 0 N–H and O–H groups in total. The van der Waals surface area contributed by atoms with Crippen molar-refractivity contribution in [2.45, 2.75) is 115 Å². The molecule has 2 aromatic carbocycles. The first-order valence-corrected chi connectivity index (χ1v) is 14.8. The number of rotatable bonds is 7. The lowest BCUT2D eigenvalue weighted by Gasteiger charge is -2.40. The summed E-state index contributed by atoms with van der Waals surface area (Å²) in [6.07, 6.45) is 7.98. The Bertz CT molecular complexity index is 1220. The fraction of sp³-hybridized carbons (Fsp3) is 0.559. The van der Waals surface area contributed by atoms with Crippen molar-refractivity contribution in [2.75, 3.05) is 0 Å². The van der Waals surface area contributed by atoms with Gasteiger partial charge in [-0.15, -0.1) is 0 Å². The fourth-order valence-corrected chi connectivity index (χ4v) is 5.75. The molecule has 0 aromatic heterocycles. The van der Waals surface area contributed by atoms with Crippen LogP contribution in [0.2, 0.25) is 0 Å². The van der Waals surface area contributed by atoms with Gasteiger partial charge in [-0.2, -0.15) is 0 Å². The Morgan fingerprint density at radius 3 is 2.08 bits per heavy atom. The van der Waals surface area contributed by atoms with Crippen molar-refractivity contribution in [3.05, 3.63) is 60.2 Å². The predicted octanol–water partition coefficient (Wildman–Crippen LogP) is 7.91. The van der Waals surface area contributed by atoms with Crippen LogP contribution >= 0.6 is 0 Å². The standard InChI is InChI=1S/C34H44N2O4/c1-32(2,3)39-30(37)29-18-12-13-23-34(29,36-24-35-28-16-10-7-11-17-28)31(38)40-33(4,5)27-21-19-26(20-22-27)25-14-8-6-9-15-25/h6,8-9,14-15,19-22,28-29H,7,10-13,16-18,23H2,1-5H3. The number of aliphatic imine (C=N–C) groups is 2. The highest BCUT2D eigenvalue weighted by molar-refractivity contribution is 5.90. The Morgan fingerprint density at radius 2 is 1.43 bits per heavy atom. The maximum Gasteiger partial charge on any atom is 0.336 e. The molecule has 40 heavy (non-hydrogen) atoms. The maximum absolute atomic E-state index is 14.2. The molecule has 0 amide bonds. The number of ether oxygens (including phenoxy) is 2. The number of benzene rings is 2. The molecular weight excluding hydrogens is 500 g/mol. The van der Waals surface area contributed by atoms with Gasteiger partial charge in [-0.1, -0.05) is 86.7 Å². The van der Waals surface area contributed by atoms with E-state index in [-0.39, 0.29) is 6.04 Å². The van der Waals surface area contributed by atoms with Gasteiger partial charge in [0.2, 0.25) is 0 Å². The minimum absolute atomic E-state index is 0.161. The quantitative estimate of drug-likeness (QED) is 0.262. The SMILES string of the molecule is CC(C)(C)OC(=O)C1CCCCC1(N=C=NC1CCCCC1)C(=O)OC(C)(C)c1ccc(-c2ccccc2)cc1. The van der Waals surface area contributed by atoms with Gasteiger partial charge < -0.3 is 9.47 Å². The van der Waals surface area contributed by atoms with Crippen LogP contribution in [-0.4, -0.2) is 35.1 Å². The Balaban J connectivity index is 1.64. The lowest BCUT2D eigenvalue weighted by atomic mass is 9.72. The van der Waals surface area contributed by atoms with E-state index in [9.17, 15) is 9.59 Å². The highest BCUT2D eigenvalue weighted by Gasteiger charge is 2.54. The molecule has 214 valence electrons. The fourth-order valence-electron chi connectivity index (χ4n) is 5.75. The first-order valence-electron chi connectivity index (χ1n) is 14.8. The van der Waals surface area contributed by atoms with E-state index >= 15 is 0 Å². The van der Waals surface area contributed by atoms with Crippen molar-refractivity contribution in [2.24, 2.45) is 15.9 Å². The van der Waals surface area contributed by atoms with E-state index in [4.69, 9.17) is 9.47 Å². The summed E-state index contributed by atoms with van der Waals surface area (Å²) in [7, 11) is 0. The molecular formula is C34H44N2O4. The lowest BCUT2D eigenvalue weighted by molar-refractivity contribution is -0.178. The molecule has 0 spiro atoms. The summed E-state index contributed by atoms with van der Waals surface area (Å²) < 4.78 is 12.0. The molecule has 0 aliphatic heterocycles. The largest absolute Gasteiger partial charge is 0.460 e. The van der Waals surface area contributed by atoms with E-state index in [1.54, 1.807) is 0 Å². The number of carbonyl (C=O) groups excluding carboxylic acids is 2. The molecule has 4 rings (SSSR count). The van der Waals surface area contributed by atoms with E-state index < -0.39 is 34.6 Å². The van der Waals surface area contributed by atoms with Gasteiger partial charge in [0, 0.05) is 0 Å². The number of esters is 2. The number of hydrogen-bond acceptors (Lipinski definition) is 6. The summed E-state index contributed by atoms with van der Waals surface area (Å²) >= 11 is 0. The zero-order valence-electron chi connectivity index (χ0n) is 24.7. The number of hydrogen-bond donors (Lipinski definition) is 0. The molecule has 2 aliphatic carbocycles. The third kappa shape index (κ3) is 7.28. The van der Waals surface area contributed by atoms with Crippen LogP contribution in [0.3, 0.4) is 0 Å². The van der Waals surface area contributed by atoms with Crippen molar-refractivity contribution in [3.63, 3.8) is 0 Å². The Labute approximate surface area is 239 Å². The van der Waals surface area contributed by atoms with Crippen LogP contribution in [0.1, 0.15) is 98.0 Å². The van der Waals surface area contributed by atoms with Gasteiger partial charge in [0.15, 0.2) is 5.54 Å². The molecule has 2 saturated carbocycles. The highest BCUT2D eigenvalue weighted by atomic mass is 16.6. The Hall–Kier alpha value is -3.24. The van der Waals surface area contributed by atoms with E-state index in [2.05, 4.69) is 28.1 Å². The van der Waals surface area contributed by atoms with Crippen LogP contribution in [0.15, 0.2) is 64.6 Å². The second kappa shape index (κ2) is 12.5. The molecule has 0 radical (unpaired) electrons. The average molecular weight is 545 g/mol. The van der Waals surface area contributed by atoms with Gasteiger partial charge in [-0.25, -0.2) is 14.8 Å². The highest BCUT2D eigenvalue weighted by Crippen LogP contribution is 2.41. The lowest BCUT2D eigenvalue weighted by Crippen LogP contribution is -2.53. The van der Waals surface area contributed by atoms with Crippen molar-refractivity contribution in [1.82, 2.24) is 0 Å². The minimum Gasteiger partial charge on any atom is -0.460 e. The maximum atomic E-state index is 14.2. The Morgan fingerprint density at radius 1 is 0.800 bits per heavy atom. The van der Waals surface area contributed by atoms with Crippen LogP contribution in [-0.2, 0) is 24.7 Å². The molecule has 2 aromatic rings. The average Bonchev–Trinajstić information content (AvgIpc) is 2.93. The Kier molecular flexibility index (Phi) is 9.30. The third-order valence-electron chi connectivity index (χ3n) is 8.02. The summed E-state index contributed by atoms with van der Waals surface area (Å²) in [5, 5.41) is 0. The van der Waals surface area contributed by atoms with Crippen molar-refractivity contribution >= 4 is 17.9 Å². The monoisotopic (exact) mass is 544 g/mol. The number of carbonyl (C=O) groups is 2. The topological polar surface area (TPSA) is 77.3 Å². The van der Waals surface area contributed by atoms with Crippen molar-refractivity contribution in [1.29, 1.82) is 0 Å². The van der Waals surface area contributed by atoms with E-state index in [0.717, 1.165) is 55.2 Å². The van der Waals surface area contributed by atoms with Crippen molar-refractivity contribution in [3.8, 4) is 11.1 Å². The molecule has 6 nitrogen and oxygen atoms in total. The van der Waals surface area contributed by atoms with Crippen LogP contribution in [0.4, 0.5) is 0 Å². The zero-order valence-corrected chi connectivity index (χ0v) is 24.7. The molecule has 0 heterocycles. The summed E-state index contributed by atoms with van der Waals surface area (Å²) in [5.74, 6) is -1.69. The van der Waals surface area contributed by atoms with Gasteiger partial charge in [0.1, 0.15) is 11.2 Å². The second-order valence-corrected chi connectivity index (χ2v) is 12.7. The normalized spacial score (nSPS) is 22.1. The predicted molar refractivity (Wildman–Crippen MR) is 158 cm³/mol. The second-order valence-electron chi connectivity index (χ2n) is 12.7.